The highest BCUT2D eigenvalue weighted by molar-refractivity contribution is 7.99. The van der Waals surface area contributed by atoms with Gasteiger partial charge in [-0.2, -0.15) is 0 Å². The van der Waals surface area contributed by atoms with E-state index in [0.717, 1.165) is 10.5 Å². The summed E-state index contributed by atoms with van der Waals surface area (Å²) in [5, 5.41) is 19.2. The Morgan fingerprint density at radius 3 is 2.06 bits per heavy atom. The molecule has 3 N–H and O–H groups in total. The number of nitrogens with one attached hydrogen (secondary N) is 1. The second-order valence-corrected chi connectivity index (χ2v) is 9.53. The molecule has 0 aliphatic carbocycles. The highest BCUT2D eigenvalue weighted by Gasteiger charge is 2.39. The summed E-state index contributed by atoms with van der Waals surface area (Å²) >= 11 is 1.42. The minimum absolute atomic E-state index is 0.0838. The minimum atomic E-state index is -1.11. The maximum atomic E-state index is 13.6. The molecular weight excluding hydrogens is 440 g/mol. The fourth-order valence-electron chi connectivity index (χ4n) is 3.75. The number of carboxylic acids is 1. The van der Waals surface area contributed by atoms with Gasteiger partial charge >= 0.3 is 5.97 Å². The van der Waals surface area contributed by atoms with Gasteiger partial charge in [0, 0.05) is 24.1 Å². The number of hydroxylamine groups is 1. The fourth-order valence-corrected chi connectivity index (χ4v) is 4.85. The number of carboxylic acid groups (broad SMARTS) is 1. The average Bonchev–Trinajstić information content (AvgIpc) is 2.81. The zero-order valence-corrected chi connectivity index (χ0v) is 20.0. The van der Waals surface area contributed by atoms with Gasteiger partial charge in [0.05, 0.1) is 11.8 Å². The number of likely N-dealkylation sites (N-methyl/N-ethyl adjacent to an activating group) is 1. The predicted molar refractivity (Wildman–Crippen MR) is 128 cm³/mol. The molecule has 2 rings (SSSR count). The third kappa shape index (κ3) is 7.91. The number of rotatable bonds is 12. The van der Waals surface area contributed by atoms with E-state index in [1.54, 1.807) is 5.48 Å². The van der Waals surface area contributed by atoms with Crippen molar-refractivity contribution in [2.45, 2.75) is 37.6 Å². The summed E-state index contributed by atoms with van der Waals surface area (Å²) in [7, 11) is 1.47. The molecule has 7 nitrogen and oxygen atoms in total. The topological polar surface area (TPSA) is 107 Å². The van der Waals surface area contributed by atoms with Gasteiger partial charge in [-0.15, -0.1) is 11.8 Å². The van der Waals surface area contributed by atoms with Crippen molar-refractivity contribution in [3.8, 4) is 0 Å². The molecule has 8 heteroatoms. The van der Waals surface area contributed by atoms with Crippen LogP contribution in [0.15, 0.2) is 65.6 Å². The molecule has 0 aromatic heterocycles. The molecule has 178 valence electrons. The molecule has 0 saturated heterocycles. The Balaban J connectivity index is 2.29. The lowest BCUT2D eigenvalue weighted by atomic mass is 9.84. The normalized spacial score (nSPS) is 13.7. The minimum Gasteiger partial charge on any atom is -0.480 e. The smallest absolute Gasteiger partial charge is 0.326 e. The number of hydrogen-bond acceptors (Lipinski definition) is 5. The van der Waals surface area contributed by atoms with Crippen LogP contribution in [0.1, 0.15) is 25.8 Å². The van der Waals surface area contributed by atoms with Crippen LogP contribution in [-0.2, 0) is 20.8 Å². The first kappa shape index (κ1) is 26.4. The van der Waals surface area contributed by atoms with Crippen molar-refractivity contribution in [2.24, 2.45) is 17.8 Å². The van der Waals surface area contributed by atoms with Crippen LogP contribution < -0.4 is 5.48 Å². The van der Waals surface area contributed by atoms with Crippen molar-refractivity contribution < 1.29 is 24.7 Å². The molecule has 33 heavy (non-hydrogen) atoms. The van der Waals surface area contributed by atoms with Crippen LogP contribution in [0.25, 0.3) is 0 Å². The Bertz CT molecular complexity index is 908. The van der Waals surface area contributed by atoms with E-state index in [1.165, 1.54) is 23.7 Å². The number of amides is 2. The highest BCUT2D eigenvalue weighted by atomic mass is 32.2. The molecule has 0 spiro atoms. The van der Waals surface area contributed by atoms with Gasteiger partial charge in [0.25, 0.3) is 0 Å². The quantitative estimate of drug-likeness (QED) is 0.247. The second kappa shape index (κ2) is 13.0. The summed E-state index contributed by atoms with van der Waals surface area (Å²) in [6.45, 7) is 3.88. The van der Waals surface area contributed by atoms with Gasteiger partial charge in [0.15, 0.2) is 0 Å². The first-order chi connectivity index (χ1) is 15.7. The van der Waals surface area contributed by atoms with Crippen molar-refractivity contribution in [3.63, 3.8) is 0 Å². The van der Waals surface area contributed by atoms with E-state index >= 15 is 0 Å². The summed E-state index contributed by atoms with van der Waals surface area (Å²) < 4.78 is 0. The summed E-state index contributed by atoms with van der Waals surface area (Å²) in [6.07, 6.45) is 0.538. The van der Waals surface area contributed by atoms with Crippen LogP contribution in [0.3, 0.4) is 0 Å². The van der Waals surface area contributed by atoms with Gasteiger partial charge in [-0.1, -0.05) is 62.4 Å². The average molecular weight is 473 g/mol. The third-order valence-corrected chi connectivity index (χ3v) is 6.65. The lowest BCUT2D eigenvalue weighted by molar-refractivity contribution is -0.153. The van der Waals surface area contributed by atoms with E-state index in [-0.39, 0.29) is 18.1 Å². The molecule has 2 amide bonds. The lowest BCUT2D eigenvalue weighted by Gasteiger charge is -2.33. The first-order valence-corrected chi connectivity index (χ1v) is 11.9. The van der Waals surface area contributed by atoms with Crippen LogP contribution in [0.2, 0.25) is 0 Å². The number of aliphatic carboxylic acids is 1. The van der Waals surface area contributed by atoms with Crippen LogP contribution in [0.5, 0.6) is 0 Å². The molecular formula is C25H32N2O5S. The van der Waals surface area contributed by atoms with Gasteiger partial charge in [-0.25, -0.2) is 10.3 Å². The number of hydrogen-bond donors (Lipinski definition) is 3. The van der Waals surface area contributed by atoms with E-state index in [9.17, 15) is 24.7 Å². The largest absolute Gasteiger partial charge is 0.480 e. The third-order valence-electron chi connectivity index (χ3n) is 5.52. The fraction of sp³-hybridized carbons (Fsp3) is 0.400. The SMILES string of the molecule is CC(C)CC(C(=O)N(C)C(Cc1ccccc1)C(=O)O)C(CSc1ccccc1)C(=O)NO. The summed E-state index contributed by atoms with van der Waals surface area (Å²) in [5.41, 5.74) is 2.50. The molecule has 0 aliphatic heterocycles. The summed E-state index contributed by atoms with van der Waals surface area (Å²) in [6, 6.07) is 17.5. The van der Waals surface area contributed by atoms with Gasteiger partial charge in [0.2, 0.25) is 11.8 Å². The lowest BCUT2D eigenvalue weighted by Crippen LogP contribution is -2.50. The van der Waals surface area contributed by atoms with Gasteiger partial charge in [0.1, 0.15) is 6.04 Å². The predicted octanol–water partition coefficient (Wildman–Crippen LogP) is 3.72. The van der Waals surface area contributed by atoms with Crippen LogP contribution in [-0.4, -0.2) is 51.8 Å². The molecule has 0 bridgehead atoms. The summed E-state index contributed by atoms with van der Waals surface area (Å²) in [5.74, 6) is -3.45. The van der Waals surface area contributed by atoms with Gasteiger partial charge in [-0.3, -0.25) is 14.8 Å². The van der Waals surface area contributed by atoms with Crippen LogP contribution in [0, 0.1) is 17.8 Å². The van der Waals surface area contributed by atoms with Crippen LogP contribution in [0.4, 0.5) is 0 Å². The molecule has 0 radical (unpaired) electrons. The van der Waals surface area contributed by atoms with E-state index < -0.39 is 35.7 Å². The Morgan fingerprint density at radius 1 is 0.970 bits per heavy atom. The summed E-state index contributed by atoms with van der Waals surface area (Å²) in [4.78, 5) is 40.4. The maximum Gasteiger partial charge on any atom is 0.326 e. The van der Waals surface area contributed by atoms with E-state index in [2.05, 4.69) is 0 Å². The molecule has 0 saturated carbocycles. The number of carbonyl (C=O) groups excluding carboxylic acids is 2. The van der Waals surface area contributed by atoms with Crippen molar-refractivity contribution in [1.29, 1.82) is 0 Å². The molecule has 3 unspecified atom stereocenters. The molecule has 2 aromatic carbocycles. The number of carbonyl (C=O) groups is 3. The van der Waals surface area contributed by atoms with Crippen molar-refractivity contribution in [3.05, 3.63) is 66.2 Å². The molecule has 0 aliphatic rings. The highest BCUT2D eigenvalue weighted by Crippen LogP contribution is 2.30. The zero-order chi connectivity index (χ0) is 24.4. The molecule has 2 aromatic rings. The first-order valence-electron chi connectivity index (χ1n) is 10.9. The Morgan fingerprint density at radius 2 is 1.55 bits per heavy atom. The van der Waals surface area contributed by atoms with E-state index in [1.807, 2.05) is 74.5 Å². The van der Waals surface area contributed by atoms with Crippen LogP contribution >= 0.6 is 11.8 Å². The molecule has 3 atom stereocenters. The zero-order valence-electron chi connectivity index (χ0n) is 19.2. The second-order valence-electron chi connectivity index (χ2n) is 8.44. The monoisotopic (exact) mass is 472 g/mol. The number of thioether (sulfide) groups is 1. The number of nitrogens with zero attached hydrogens (tertiary/aromatic N) is 1. The van der Waals surface area contributed by atoms with Crippen molar-refractivity contribution in [2.75, 3.05) is 12.8 Å². The Hall–Kier alpha value is -2.84. The van der Waals surface area contributed by atoms with Gasteiger partial charge in [-0.05, 0) is 30.0 Å². The molecule has 0 fully saturated rings. The van der Waals surface area contributed by atoms with Crippen molar-refractivity contribution in [1.82, 2.24) is 10.4 Å². The standard InChI is InChI=1S/C25H32N2O5S/c1-17(2)14-20(21(23(28)26-32)16-33-19-12-8-5-9-13-19)24(29)27(3)22(25(30)31)15-18-10-6-4-7-11-18/h4-13,17,20-22,32H,14-16H2,1-3H3,(H,26,28)(H,30,31). The van der Waals surface area contributed by atoms with E-state index in [0.29, 0.717) is 6.42 Å². The maximum absolute atomic E-state index is 13.6. The number of benzene rings is 2. The van der Waals surface area contributed by atoms with Crippen molar-refractivity contribution >= 4 is 29.5 Å². The molecule has 0 heterocycles. The van der Waals surface area contributed by atoms with E-state index in [4.69, 9.17) is 0 Å². The van der Waals surface area contributed by atoms with Gasteiger partial charge < -0.3 is 10.0 Å². The Labute approximate surface area is 199 Å². The Kier molecular flexibility index (Phi) is 10.4.